The lowest BCUT2D eigenvalue weighted by Crippen LogP contribution is -2.60. The first-order valence-electron chi connectivity index (χ1n) is 20.2. The van der Waals surface area contributed by atoms with Crippen molar-refractivity contribution < 1.29 is 48.5 Å². The van der Waals surface area contributed by atoms with Crippen LogP contribution in [0.4, 0.5) is 0 Å². The van der Waals surface area contributed by atoms with Crippen LogP contribution in [0.3, 0.4) is 0 Å². The molecule has 0 aromatic heterocycles. The Hall–Kier alpha value is -4.08. The Morgan fingerprint density at radius 3 is 2.04 bits per heavy atom. The number of nitrogens with zero attached hydrogens (tertiary/aromatic N) is 3. The number of nitrogens with one attached hydrogen (secondary N) is 2. The number of carboxylic acids is 1. The highest BCUT2D eigenvalue weighted by atomic mass is 16.5. The van der Waals surface area contributed by atoms with Crippen molar-refractivity contribution in [2.75, 3.05) is 41.5 Å². The quantitative estimate of drug-likeness (QED) is 0.128. The summed E-state index contributed by atoms with van der Waals surface area (Å²) in [6, 6.07) is 5.04. The van der Waals surface area contributed by atoms with Gasteiger partial charge in [-0.25, -0.2) is 4.79 Å². The van der Waals surface area contributed by atoms with Gasteiger partial charge in [0.1, 0.15) is 18.1 Å². The maximum Gasteiger partial charge on any atom is 0.326 e. The number of amides is 5. The summed E-state index contributed by atoms with van der Waals surface area (Å²) >= 11 is 0. The summed E-state index contributed by atoms with van der Waals surface area (Å²) in [4.78, 5) is 85.1. The molecule has 5 amide bonds. The summed E-state index contributed by atoms with van der Waals surface area (Å²) in [5.41, 5.74) is 0.768. The number of likely N-dealkylation sites (tertiary alicyclic amines) is 1. The molecule has 0 radical (unpaired) electrons. The number of hydrogen-bond donors (Lipinski definition) is 4. The largest absolute Gasteiger partial charge is 0.480 e. The number of likely N-dealkylation sites (N-methyl/N-ethyl adjacent to an activating group) is 2. The number of aliphatic hydroxyl groups excluding tert-OH is 1. The van der Waals surface area contributed by atoms with Gasteiger partial charge in [-0.2, -0.15) is 0 Å². The Bertz CT molecular complexity index is 1480. The molecule has 0 unspecified atom stereocenters. The fourth-order valence-corrected chi connectivity index (χ4v) is 7.98. The lowest BCUT2D eigenvalue weighted by atomic mass is 9.89. The Labute approximate surface area is 339 Å². The number of methoxy groups -OCH3 is 2. The van der Waals surface area contributed by atoms with Gasteiger partial charge >= 0.3 is 5.97 Å². The maximum atomic E-state index is 14.3. The van der Waals surface area contributed by atoms with Crippen molar-refractivity contribution in [3.05, 3.63) is 35.9 Å². The van der Waals surface area contributed by atoms with Crippen molar-refractivity contribution in [3.63, 3.8) is 0 Å². The number of rotatable bonds is 23. The smallest absolute Gasteiger partial charge is 0.326 e. The molecule has 1 aromatic rings. The monoisotopic (exact) mass is 804 g/mol. The topological polar surface area (TPSA) is 195 Å². The molecule has 4 N–H and O–H groups in total. The fourth-order valence-electron chi connectivity index (χ4n) is 7.98. The first-order chi connectivity index (χ1) is 26.9. The second kappa shape index (κ2) is 23.4. The van der Waals surface area contributed by atoms with Gasteiger partial charge in [0.15, 0.2) is 0 Å². The Balaban J connectivity index is 2.29. The van der Waals surface area contributed by atoms with E-state index in [-0.39, 0.29) is 61.3 Å². The molecule has 0 saturated carbocycles. The number of carboxylic acid groups (broad SMARTS) is 1. The van der Waals surface area contributed by atoms with E-state index in [1.165, 1.54) is 26.2 Å². The van der Waals surface area contributed by atoms with E-state index in [9.17, 15) is 39.0 Å². The van der Waals surface area contributed by atoms with Gasteiger partial charge in [0.05, 0.1) is 43.2 Å². The van der Waals surface area contributed by atoms with Gasteiger partial charge in [-0.3, -0.25) is 24.0 Å². The molecule has 1 saturated heterocycles. The van der Waals surface area contributed by atoms with Crippen LogP contribution in [0.25, 0.3) is 0 Å². The normalized spacial score (nSPS) is 18.5. The number of hydrogen-bond acceptors (Lipinski definition) is 9. The molecular weight excluding hydrogens is 734 g/mol. The number of carbonyl (C=O) groups is 6. The summed E-state index contributed by atoms with van der Waals surface area (Å²) in [5.74, 6) is -4.62. The van der Waals surface area contributed by atoms with Crippen LogP contribution in [0, 0.1) is 23.7 Å². The summed E-state index contributed by atoms with van der Waals surface area (Å²) in [5, 5.41) is 24.8. The molecule has 322 valence electrons. The third-order valence-corrected chi connectivity index (χ3v) is 11.4. The maximum absolute atomic E-state index is 14.3. The van der Waals surface area contributed by atoms with Gasteiger partial charge < -0.3 is 45.0 Å². The molecule has 1 heterocycles. The molecule has 0 spiro atoms. The second-order valence-corrected chi connectivity index (χ2v) is 16.1. The summed E-state index contributed by atoms with van der Waals surface area (Å²) < 4.78 is 11.8. The molecule has 1 aliphatic rings. The van der Waals surface area contributed by atoms with Crippen LogP contribution in [0.1, 0.15) is 86.1 Å². The molecule has 9 atom stereocenters. The van der Waals surface area contributed by atoms with Crippen LogP contribution in [0.15, 0.2) is 30.3 Å². The zero-order chi connectivity index (χ0) is 43.1. The van der Waals surface area contributed by atoms with E-state index >= 15 is 0 Å². The van der Waals surface area contributed by atoms with Crippen molar-refractivity contribution in [1.29, 1.82) is 0 Å². The van der Waals surface area contributed by atoms with Crippen LogP contribution in [0.5, 0.6) is 0 Å². The molecule has 2 rings (SSSR count). The van der Waals surface area contributed by atoms with Crippen LogP contribution in [-0.2, 0) is 44.7 Å². The zero-order valence-corrected chi connectivity index (χ0v) is 35.9. The standard InChI is InChI=1S/C42H69N5O10/c1-12-27(6)37(46(9)41(53)35(25(2)3)44-40(52)36(26(4)5)45(8)33(49)20-22-48)32(56-10)24-34(50)47-21-16-19-31(47)38(57-11)28(7)39(51)43-30(42(54)55)23-29-17-14-13-15-18-29/h13-15,17-18,25-28,30-32,35-38,48H,12,16,19-24H2,1-11H3,(H,43,51)(H,44,52)(H,54,55)/t27-,28+,30-,31-,32+,35-,36-,37-,38+/m0/s1. The molecule has 0 bridgehead atoms. The summed E-state index contributed by atoms with van der Waals surface area (Å²) in [7, 11) is 6.14. The Kier molecular flexibility index (Phi) is 20.1. The third-order valence-electron chi connectivity index (χ3n) is 11.4. The first-order valence-corrected chi connectivity index (χ1v) is 20.2. The average molecular weight is 804 g/mol. The van der Waals surface area contributed by atoms with Gasteiger partial charge in [0.2, 0.25) is 29.5 Å². The van der Waals surface area contributed by atoms with Gasteiger partial charge in [-0.05, 0) is 36.2 Å². The van der Waals surface area contributed by atoms with Gasteiger partial charge in [0, 0.05) is 47.7 Å². The van der Waals surface area contributed by atoms with Crippen molar-refractivity contribution in [1.82, 2.24) is 25.3 Å². The van der Waals surface area contributed by atoms with Gasteiger partial charge in [-0.15, -0.1) is 0 Å². The van der Waals surface area contributed by atoms with Crippen LogP contribution in [-0.4, -0.2) is 144 Å². The fraction of sp³-hybridized carbons (Fsp3) is 0.714. The van der Waals surface area contributed by atoms with Crippen molar-refractivity contribution in [2.24, 2.45) is 23.7 Å². The number of benzene rings is 1. The lowest BCUT2D eigenvalue weighted by molar-refractivity contribution is -0.149. The van der Waals surface area contributed by atoms with Gasteiger partial charge in [0.25, 0.3) is 0 Å². The van der Waals surface area contributed by atoms with Crippen molar-refractivity contribution in [3.8, 4) is 0 Å². The predicted molar refractivity (Wildman–Crippen MR) is 216 cm³/mol. The number of aliphatic hydroxyl groups is 1. The minimum atomic E-state index is -1.16. The molecule has 1 aromatic carbocycles. The average Bonchev–Trinajstić information content (AvgIpc) is 3.66. The molecule has 15 heteroatoms. The first kappa shape index (κ1) is 49.1. The highest BCUT2D eigenvalue weighted by Gasteiger charge is 2.43. The molecular formula is C42H69N5O10. The third kappa shape index (κ3) is 13.2. The minimum Gasteiger partial charge on any atom is -0.480 e. The molecule has 57 heavy (non-hydrogen) atoms. The van der Waals surface area contributed by atoms with E-state index in [0.717, 1.165) is 5.56 Å². The number of aliphatic carboxylic acids is 1. The van der Waals surface area contributed by atoms with Gasteiger partial charge in [-0.1, -0.05) is 85.2 Å². The molecule has 0 aliphatic carbocycles. The van der Waals surface area contributed by atoms with Crippen LogP contribution >= 0.6 is 0 Å². The molecule has 1 fully saturated rings. The predicted octanol–water partition coefficient (Wildman–Crippen LogP) is 2.73. The van der Waals surface area contributed by atoms with E-state index in [1.54, 1.807) is 48.0 Å². The van der Waals surface area contributed by atoms with E-state index in [4.69, 9.17) is 9.47 Å². The van der Waals surface area contributed by atoms with Crippen LogP contribution in [0.2, 0.25) is 0 Å². The van der Waals surface area contributed by atoms with E-state index in [0.29, 0.717) is 25.8 Å². The number of ether oxygens (including phenoxy) is 2. The molecule has 1 aliphatic heterocycles. The summed E-state index contributed by atoms with van der Waals surface area (Å²) in [6.07, 6.45) is 0.377. The van der Waals surface area contributed by atoms with E-state index in [1.807, 2.05) is 47.6 Å². The van der Waals surface area contributed by atoms with E-state index < -0.39 is 66.1 Å². The highest BCUT2D eigenvalue weighted by molar-refractivity contribution is 5.92. The molecule has 15 nitrogen and oxygen atoms in total. The van der Waals surface area contributed by atoms with Crippen molar-refractivity contribution >= 4 is 35.5 Å². The van der Waals surface area contributed by atoms with Crippen LogP contribution < -0.4 is 10.6 Å². The second-order valence-electron chi connectivity index (χ2n) is 16.1. The van der Waals surface area contributed by atoms with E-state index in [2.05, 4.69) is 10.6 Å². The SMILES string of the molecule is CC[C@H](C)[C@@H]([C@@H](CC(=O)N1CCC[C@H]1[C@H](OC)[C@@H](C)C(=O)N[C@@H](Cc1ccccc1)C(=O)O)OC)N(C)C(=O)[C@@H](NC(=O)[C@H](C(C)C)N(C)C(=O)CCO)C(C)C. The zero-order valence-electron chi connectivity index (χ0n) is 35.9. The summed E-state index contributed by atoms with van der Waals surface area (Å²) in [6.45, 7) is 13.0. The minimum absolute atomic E-state index is 0.0688. The Morgan fingerprint density at radius 2 is 1.53 bits per heavy atom. The Morgan fingerprint density at radius 1 is 0.895 bits per heavy atom. The highest BCUT2D eigenvalue weighted by Crippen LogP contribution is 2.30. The number of carbonyl (C=O) groups excluding carboxylic acids is 5. The van der Waals surface area contributed by atoms with Crippen molar-refractivity contribution in [2.45, 2.75) is 129 Å². The lowest BCUT2D eigenvalue weighted by Gasteiger charge is -2.41.